The van der Waals surface area contributed by atoms with Gasteiger partial charge in [-0.2, -0.15) is 0 Å². The highest BCUT2D eigenvalue weighted by molar-refractivity contribution is 7.13. The number of amides is 1. The van der Waals surface area contributed by atoms with Crippen LogP contribution in [0.2, 0.25) is 5.02 Å². The quantitative estimate of drug-likeness (QED) is 0.849. The molecule has 0 aliphatic rings. The number of H-pyrrole nitrogens is 1. The highest BCUT2D eigenvalue weighted by Crippen LogP contribution is 2.16. The maximum atomic E-state index is 11.6. The summed E-state index contributed by atoms with van der Waals surface area (Å²) in [6.07, 6.45) is 1.50. The van der Waals surface area contributed by atoms with Gasteiger partial charge in [-0.25, -0.2) is 9.78 Å². The third-order valence-corrected chi connectivity index (χ3v) is 3.08. The summed E-state index contributed by atoms with van der Waals surface area (Å²) in [6.45, 7) is 1.43. The molecule has 19 heavy (non-hydrogen) atoms. The first-order valence-corrected chi connectivity index (χ1v) is 6.53. The molecule has 2 rings (SSSR count). The Labute approximate surface area is 117 Å². The number of hydrogen-bond acceptors (Lipinski definition) is 5. The van der Waals surface area contributed by atoms with E-state index < -0.39 is 5.97 Å². The van der Waals surface area contributed by atoms with Crippen LogP contribution in [0, 0.1) is 0 Å². The van der Waals surface area contributed by atoms with Crippen molar-refractivity contribution in [2.24, 2.45) is 0 Å². The zero-order valence-electron chi connectivity index (χ0n) is 9.90. The summed E-state index contributed by atoms with van der Waals surface area (Å²) in [7, 11) is 0. The number of carbonyl (C=O) groups is 2. The molecule has 2 aromatic heterocycles. The molecule has 100 valence electrons. The Kier molecular flexibility index (Phi) is 4.18. The number of ether oxygens (including phenoxy) is 1. The van der Waals surface area contributed by atoms with Crippen molar-refractivity contribution < 1.29 is 14.3 Å². The average molecular weight is 300 g/mol. The number of thiazole rings is 1. The molecule has 0 saturated heterocycles. The first-order valence-electron chi connectivity index (χ1n) is 5.27. The van der Waals surface area contributed by atoms with Crippen molar-refractivity contribution in [3.05, 3.63) is 34.1 Å². The lowest BCUT2D eigenvalue weighted by Gasteiger charge is -2.00. The molecule has 6 nitrogen and oxygen atoms in total. The Hall–Kier alpha value is -1.86. The van der Waals surface area contributed by atoms with E-state index in [1.807, 2.05) is 0 Å². The largest absolute Gasteiger partial charge is 0.454 e. The summed E-state index contributed by atoms with van der Waals surface area (Å²) >= 11 is 6.95. The first kappa shape index (κ1) is 13.6. The van der Waals surface area contributed by atoms with Gasteiger partial charge < -0.3 is 15.0 Å². The fourth-order valence-electron chi connectivity index (χ4n) is 1.28. The van der Waals surface area contributed by atoms with Gasteiger partial charge in [0.1, 0.15) is 12.3 Å². The second-order valence-electron chi connectivity index (χ2n) is 3.63. The van der Waals surface area contributed by atoms with Crippen molar-refractivity contribution in [3.63, 3.8) is 0 Å². The molecule has 0 aromatic carbocycles. The Morgan fingerprint density at radius 3 is 3.00 bits per heavy atom. The van der Waals surface area contributed by atoms with Crippen molar-refractivity contribution in [1.29, 1.82) is 0 Å². The third-order valence-electron chi connectivity index (χ3n) is 2.05. The van der Waals surface area contributed by atoms with E-state index >= 15 is 0 Å². The number of halogens is 1. The SMILES string of the molecule is CC(=O)Nc1nc(COC(=O)c2cc(Cl)c[nH]2)cs1. The first-order chi connectivity index (χ1) is 9.04. The lowest BCUT2D eigenvalue weighted by atomic mass is 10.4. The van der Waals surface area contributed by atoms with E-state index in [1.165, 1.54) is 30.5 Å². The number of esters is 1. The zero-order valence-corrected chi connectivity index (χ0v) is 11.5. The number of hydrogen-bond donors (Lipinski definition) is 2. The Morgan fingerprint density at radius 2 is 2.37 bits per heavy atom. The summed E-state index contributed by atoms with van der Waals surface area (Å²) in [4.78, 5) is 29.2. The molecule has 0 aliphatic heterocycles. The molecule has 0 aliphatic carbocycles. The standard InChI is InChI=1S/C11H10ClN3O3S/c1-6(16)14-11-15-8(5-19-11)4-18-10(17)9-2-7(12)3-13-9/h2-3,5,13H,4H2,1H3,(H,14,15,16). The highest BCUT2D eigenvalue weighted by atomic mass is 35.5. The van der Waals surface area contributed by atoms with Crippen LogP contribution >= 0.6 is 22.9 Å². The molecule has 0 spiro atoms. The summed E-state index contributed by atoms with van der Waals surface area (Å²) in [6, 6.07) is 1.48. The molecule has 0 saturated carbocycles. The Balaban J connectivity index is 1.90. The van der Waals surface area contributed by atoms with Crippen molar-refractivity contribution in [2.45, 2.75) is 13.5 Å². The van der Waals surface area contributed by atoms with Crippen LogP contribution in [0.4, 0.5) is 5.13 Å². The normalized spacial score (nSPS) is 10.2. The van der Waals surface area contributed by atoms with Gasteiger partial charge in [0.2, 0.25) is 5.91 Å². The number of rotatable bonds is 4. The van der Waals surface area contributed by atoms with Gasteiger partial charge in [-0.1, -0.05) is 11.6 Å². The van der Waals surface area contributed by atoms with Crippen LogP contribution in [-0.4, -0.2) is 21.8 Å². The number of carbonyl (C=O) groups excluding carboxylic acids is 2. The highest BCUT2D eigenvalue weighted by Gasteiger charge is 2.11. The monoisotopic (exact) mass is 299 g/mol. The second kappa shape index (κ2) is 5.85. The lowest BCUT2D eigenvalue weighted by Crippen LogP contribution is -2.07. The van der Waals surface area contributed by atoms with Gasteiger partial charge >= 0.3 is 5.97 Å². The summed E-state index contributed by atoms with van der Waals surface area (Å²) < 4.78 is 5.05. The minimum atomic E-state index is -0.513. The molecule has 1 amide bonds. The van der Waals surface area contributed by atoms with E-state index in [2.05, 4.69) is 15.3 Å². The Morgan fingerprint density at radius 1 is 1.58 bits per heavy atom. The fourth-order valence-corrected chi connectivity index (χ4v) is 2.19. The maximum absolute atomic E-state index is 11.6. The smallest absolute Gasteiger partial charge is 0.355 e. The van der Waals surface area contributed by atoms with E-state index in [0.717, 1.165) is 0 Å². The molecule has 0 atom stereocenters. The minimum absolute atomic E-state index is 0.0333. The fraction of sp³-hybridized carbons (Fsp3) is 0.182. The van der Waals surface area contributed by atoms with Crippen LogP contribution < -0.4 is 5.32 Å². The van der Waals surface area contributed by atoms with Gasteiger partial charge in [0.15, 0.2) is 5.13 Å². The molecular weight excluding hydrogens is 290 g/mol. The molecule has 0 unspecified atom stereocenters. The summed E-state index contributed by atoms with van der Waals surface area (Å²) in [5, 5.41) is 5.17. The van der Waals surface area contributed by atoms with Crippen molar-refractivity contribution in [3.8, 4) is 0 Å². The average Bonchev–Trinajstić information content (AvgIpc) is 2.94. The predicted molar refractivity (Wildman–Crippen MR) is 71.3 cm³/mol. The van der Waals surface area contributed by atoms with E-state index in [1.54, 1.807) is 5.38 Å². The molecule has 2 heterocycles. The van der Waals surface area contributed by atoms with E-state index in [9.17, 15) is 9.59 Å². The number of anilines is 1. The predicted octanol–water partition coefficient (Wildman–Crippen LogP) is 2.44. The number of aromatic amines is 1. The molecular formula is C11H10ClN3O3S. The topological polar surface area (TPSA) is 84.1 Å². The number of aromatic nitrogens is 2. The van der Waals surface area contributed by atoms with Crippen molar-refractivity contribution >= 4 is 39.9 Å². The second-order valence-corrected chi connectivity index (χ2v) is 4.93. The molecule has 0 fully saturated rings. The minimum Gasteiger partial charge on any atom is -0.454 e. The van der Waals surface area contributed by atoms with Crippen LogP contribution in [0.3, 0.4) is 0 Å². The van der Waals surface area contributed by atoms with Crippen molar-refractivity contribution in [2.75, 3.05) is 5.32 Å². The summed E-state index contributed by atoms with van der Waals surface area (Å²) in [5.41, 5.74) is 0.849. The zero-order chi connectivity index (χ0) is 13.8. The maximum Gasteiger partial charge on any atom is 0.355 e. The van der Waals surface area contributed by atoms with Crippen LogP contribution in [-0.2, 0) is 16.1 Å². The van der Waals surface area contributed by atoms with Gasteiger partial charge in [-0.3, -0.25) is 4.79 Å². The molecule has 2 N–H and O–H groups in total. The van der Waals surface area contributed by atoms with Crippen LogP contribution in [0.15, 0.2) is 17.6 Å². The van der Waals surface area contributed by atoms with Crippen molar-refractivity contribution in [1.82, 2.24) is 9.97 Å². The number of nitrogens with zero attached hydrogens (tertiary/aromatic N) is 1. The van der Waals surface area contributed by atoms with Crippen LogP contribution in [0.5, 0.6) is 0 Å². The van der Waals surface area contributed by atoms with Gasteiger partial charge in [0, 0.05) is 18.5 Å². The van der Waals surface area contributed by atoms with Gasteiger partial charge in [0.05, 0.1) is 10.7 Å². The van der Waals surface area contributed by atoms with E-state index in [-0.39, 0.29) is 18.2 Å². The van der Waals surface area contributed by atoms with Gasteiger partial charge in [0.25, 0.3) is 0 Å². The number of nitrogens with one attached hydrogen (secondary N) is 2. The van der Waals surface area contributed by atoms with E-state index in [4.69, 9.17) is 16.3 Å². The van der Waals surface area contributed by atoms with Gasteiger partial charge in [-0.05, 0) is 6.07 Å². The van der Waals surface area contributed by atoms with Crippen LogP contribution in [0.25, 0.3) is 0 Å². The van der Waals surface area contributed by atoms with Gasteiger partial charge in [-0.15, -0.1) is 11.3 Å². The molecule has 0 bridgehead atoms. The summed E-state index contributed by atoms with van der Waals surface area (Å²) in [5.74, 6) is -0.708. The lowest BCUT2D eigenvalue weighted by molar-refractivity contribution is -0.114. The van der Waals surface area contributed by atoms with E-state index in [0.29, 0.717) is 15.8 Å². The third kappa shape index (κ3) is 3.80. The molecule has 0 radical (unpaired) electrons. The molecule has 2 aromatic rings. The van der Waals surface area contributed by atoms with Crippen LogP contribution in [0.1, 0.15) is 23.1 Å². The molecule has 8 heteroatoms. The Bertz CT molecular complexity index is 608.